The van der Waals surface area contributed by atoms with Crippen LogP contribution in [0.1, 0.15) is 0 Å². The summed E-state index contributed by atoms with van der Waals surface area (Å²) in [5, 5.41) is 2.50. The summed E-state index contributed by atoms with van der Waals surface area (Å²) in [5.41, 5.74) is 12.9. The summed E-state index contributed by atoms with van der Waals surface area (Å²) in [7, 11) is -1.82. The second-order valence-corrected chi connectivity index (χ2v) is 19.6. The van der Waals surface area contributed by atoms with E-state index in [2.05, 4.69) is 290 Å². The highest BCUT2D eigenvalue weighted by Gasteiger charge is 2.33. The lowest BCUT2D eigenvalue weighted by atomic mass is 9.91. The molecule has 0 fully saturated rings. The van der Waals surface area contributed by atoms with E-state index in [0.29, 0.717) is 0 Å². The monoisotopic (exact) mass is 861 g/mol. The molecular formula is C64H47NS. The SMILES string of the molecule is c1ccc(-c2ccc(N(c3ccc(-c4cccc(S(c5ccccc5)(c5ccccc5)c5ccccc5)c4)cc3)c3ccc(-c4cccc5cccc(-c6ccccc6)c45)cc3)cc2)cc1. The minimum atomic E-state index is -1.82. The summed E-state index contributed by atoms with van der Waals surface area (Å²) in [4.78, 5) is 7.60. The van der Waals surface area contributed by atoms with Gasteiger partial charge in [-0.1, -0.05) is 200 Å². The average Bonchev–Trinajstić information content (AvgIpc) is 3.41. The molecule has 0 amide bonds. The molecule has 1 nitrogen and oxygen atoms in total. The Hall–Kier alpha value is -8.17. The summed E-state index contributed by atoms with van der Waals surface area (Å²) >= 11 is 0. The van der Waals surface area contributed by atoms with Gasteiger partial charge in [-0.3, -0.25) is 0 Å². The summed E-state index contributed by atoms with van der Waals surface area (Å²) in [6, 6.07) is 104. The molecule has 66 heavy (non-hydrogen) atoms. The van der Waals surface area contributed by atoms with E-state index < -0.39 is 10.0 Å². The molecule has 0 heterocycles. The number of benzene rings is 11. The van der Waals surface area contributed by atoms with Gasteiger partial charge in [0.1, 0.15) is 0 Å². The molecule has 0 saturated heterocycles. The van der Waals surface area contributed by atoms with Crippen LogP contribution in [-0.4, -0.2) is 0 Å². The van der Waals surface area contributed by atoms with Crippen LogP contribution in [0.5, 0.6) is 0 Å². The molecule has 0 radical (unpaired) electrons. The van der Waals surface area contributed by atoms with E-state index in [1.165, 1.54) is 74.9 Å². The van der Waals surface area contributed by atoms with Crippen molar-refractivity contribution in [2.75, 3.05) is 4.90 Å². The van der Waals surface area contributed by atoms with Crippen molar-refractivity contribution < 1.29 is 0 Å². The topological polar surface area (TPSA) is 3.24 Å². The highest BCUT2D eigenvalue weighted by Crippen LogP contribution is 2.73. The number of fused-ring (bicyclic) bond motifs is 1. The third-order valence-electron chi connectivity index (χ3n) is 12.6. The number of hydrogen-bond donors (Lipinski definition) is 0. The lowest BCUT2D eigenvalue weighted by Gasteiger charge is -2.42. The second-order valence-electron chi connectivity index (χ2n) is 16.5. The van der Waals surface area contributed by atoms with Crippen molar-refractivity contribution in [3.63, 3.8) is 0 Å². The molecule has 0 saturated carbocycles. The molecule has 0 spiro atoms. The summed E-state index contributed by atoms with van der Waals surface area (Å²) in [5.74, 6) is 0. The van der Waals surface area contributed by atoms with Crippen LogP contribution in [-0.2, 0) is 0 Å². The maximum Gasteiger partial charge on any atom is 0.0462 e. The first-order chi connectivity index (χ1) is 32.7. The Morgan fingerprint density at radius 1 is 0.227 bits per heavy atom. The van der Waals surface area contributed by atoms with E-state index in [-0.39, 0.29) is 0 Å². The van der Waals surface area contributed by atoms with Crippen molar-refractivity contribution in [3.8, 4) is 44.5 Å². The third-order valence-corrected chi connectivity index (χ3v) is 16.5. The maximum absolute atomic E-state index is 2.42. The standard InChI is InChI=1S/C64H47NS/c1-6-19-48(20-7-1)49-35-41-55(42-36-49)65(57-45-39-52(40-46-57)63-34-18-24-53-23-17-33-62(64(53)63)51-21-8-2-9-22-51)56-43-37-50(38-44-56)54-25-16-32-61(47-54)66(58-26-10-3-11-27-58,59-28-12-4-13-29-59)60-30-14-5-15-31-60/h1-47H. The third kappa shape index (κ3) is 7.68. The molecule has 0 unspecified atom stereocenters. The van der Waals surface area contributed by atoms with Crippen LogP contribution in [0.2, 0.25) is 0 Å². The molecular weight excluding hydrogens is 815 g/mol. The van der Waals surface area contributed by atoms with Gasteiger partial charge >= 0.3 is 0 Å². The van der Waals surface area contributed by atoms with Crippen molar-refractivity contribution in [3.05, 3.63) is 285 Å². The zero-order chi connectivity index (χ0) is 44.1. The summed E-state index contributed by atoms with van der Waals surface area (Å²) in [6.45, 7) is 0. The van der Waals surface area contributed by atoms with Gasteiger partial charge in [-0.2, -0.15) is 0 Å². The van der Waals surface area contributed by atoms with Crippen LogP contribution < -0.4 is 4.90 Å². The number of nitrogens with zero attached hydrogens (tertiary/aromatic N) is 1. The predicted molar refractivity (Wildman–Crippen MR) is 280 cm³/mol. The minimum absolute atomic E-state index is 1.09. The summed E-state index contributed by atoms with van der Waals surface area (Å²) < 4.78 is 0. The fourth-order valence-corrected chi connectivity index (χ4v) is 13.4. The smallest absolute Gasteiger partial charge is 0.0462 e. The van der Waals surface area contributed by atoms with Gasteiger partial charge in [-0.25, -0.2) is 0 Å². The first-order valence-corrected chi connectivity index (χ1v) is 24.2. The lowest BCUT2D eigenvalue weighted by molar-refractivity contribution is 1.24. The molecule has 0 aliphatic carbocycles. The Bertz CT molecular complexity index is 3250. The number of rotatable bonds is 11. The Morgan fingerprint density at radius 3 is 1.00 bits per heavy atom. The van der Waals surface area contributed by atoms with Crippen LogP contribution in [0.25, 0.3) is 55.3 Å². The normalized spacial score (nSPS) is 11.6. The van der Waals surface area contributed by atoms with Crippen molar-refractivity contribution in [1.82, 2.24) is 0 Å². The van der Waals surface area contributed by atoms with Crippen LogP contribution in [0.3, 0.4) is 0 Å². The van der Waals surface area contributed by atoms with E-state index in [1.54, 1.807) is 0 Å². The Morgan fingerprint density at radius 2 is 0.545 bits per heavy atom. The van der Waals surface area contributed by atoms with Gasteiger partial charge in [0, 0.05) is 36.6 Å². The van der Waals surface area contributed by atoms with E-state index >= 15 is 0 Å². The van der Waals surface area contributed by atoms with Crippen LogP contribution in [0, 0.1) is 0 Å². The Labute approximate surface area is 389 Å². The number of anilines is 3. The van der Waals surface area contributed by atoms with Crippen LogP contribution in [0.15, 0.2) is 305 Å². The van der Waals surface area contributed by atoms with Gasteiger partial charge < -0.3 is 4.90 Å². The van der Waals surface area contributed by atoms with Gasteiger partial charge in [0.2, 0.25) is 0 Å². The highest BCUT2D eigenvalue weighted by atomic mass is 32.3. The van der Waals surface area contributed by atoms with E-state index in [1.807, 2.05) is 0 Å². The zero-order valence-corrected chi connectivity index (χ0v) is 37.3. The molecule has 11 aromatic carbocycles. The fraction of sp³-hybridized carbons (Fsp3) is 0. The molecule has 0 atom stereocenters. The van der Waals surface area contributed by atoms with E-state index in [4.69, 9.17) is 0 Å². The Balaban J connectivity index is 0.997. The van der Waals surface area contributed by atoms with Crippen molar-refractivity contribution >= 4 is 37.9 Å². The van der Waals surface area contributed by atoms with Gasteiger partial charge in [0.25, 0.3) is 0 Å². The molecule has 0 aliphatic heterocycles. The van der Waals surface area contributed by atoms with Gasteiger partial charge in [-0.05, 0) is 140 Å². The van der Waals surface area contributed by atoms with Gasteiger partial charge in [-0.15, -0.1) is 10.0 Å². The van der Waals surface area contributed by atoms with Crippen LogP contribution in [0.4, 0.5) is 17.1 Å². The van der Waals surface area contributed by atoms with E-state index in [0.717, 1.165) is 17.1 Å². The number of hydrogen-bond acceptors (Lipinski definition) is 1. The average molecular weight is 862 g/mol. The lowest BCUT2D eigenvalue weighted by Crippen LogP contribution is -2.09. The molecule has 0 bridgehead atoms. The maximum atomic E-state index is 2.42. The van der Waals surface area contributed by atoms with Crippen molar-refractivity contribution in [2.45, 2.75) is 19.6 Å². The molecule has 2 heteroatoms. The minimum Gasteiger partial charge on any atom is -0.311 e. The molecule has 314 valence electrons. The largest absolute Gasteiger partial charge is 0.311 e. The second kappa shape index (κ2) is 18.1. The van der Waals surface area contributed by atoms with Gasteiger partial charge in [0.15, 0.2) is 0 Å². The molecule has 0 N–H and O–H groups in total. The molecule has 0 aliphatic rings. The zero-order valence-electron chi connectivity index (χ0n) is 36.5. The van der Waals surface area contributed by atoms with Gasteiger partial charge in [0.05, 0.1) is 0 Å². The molecule has 0 aromatic heterocycles. The molecule has 11 aromatic rings. The predicted octanol–water partition coefficient (Wildman–Crippen LogP) is 18.3. The highest BCUT2D eigenvalue weighted by molar-refractivity contribution is 8.34. The first-order valence-electron chi connectivity index (χ1n) is 22.6. The fourth-order valence-electron chi connectivity index (χ4n) is 9.47. The first kappa shape index (κ1) is 40.6. The molecule has 11 rings (SSSR count). The van der Waals surface area contributed by atoms with E-state index in [9.17, 15) is 0 Å². The van der Waals surface area contributed by atoms with Crippen molar-refractivity contribution in [2.24, 2.45) is 0 Å². The van der Waals surface area contributed by atoms with Crippen LogP contribution >= 0.6 is 10.0 Å². The van der Waals surface area contributed by atoms with Crippen molar-refractivity contribution in [1.29, 1.82) is 0 Å². The summed E-state index contributed by atoms with van der Waals surface area (Å²) in [6.07, 6.45) is 0. The Kier molecular flexibility index (Phi) is 11.2. The quantitative estimate of drug-likeness (QED) is 0.125.